The molecule has 0 unspecified atom stereocenters. The molecule has 0 radical (unpaired) electrons. The summed E-state index contributed by atoms with van der Waals surface area (Å²) in [5.74, 6) is -2.23. The highest BCUT2D eigenvalue weighted by Crippen LogP contribution is 2.28. The minimum atomic E-state index is -1.59. The Bertz CT molecular complexity index is 484. The van der Waals surface area contributed by atoms with Gasteiger partial charge in [-0.05, 0) is 26.0 Å². The molecule has 0 spiro atoms. The Labute approximate surface area is 121 Å². The molecule has 1 aromatic carbocycles. The molecule has 7 heteroatoms. The van der Waals surface area contributed by atoms with Crippen molar-refractivity contribution in [2.45, 2.75) is 20.0 Å². The molecule has 0 heterocycles. The minimum Gasteiger partial charge on any atom is -0.493 e. The number of hydrogen-bond acceptors (Lipinski definition) is 6. The molecule has 0 N–H and O–H groups in total. The molecule has 6 nitrogen and oxygen atoms in total. The number of hydrogen-bond donors (Lipinski definition) is 0. The van der Waals surface area contributed by atoms with E-state index in [1.54, 1.807) is 13.8 Å². The SMILES string of the molecule is CCOC(=O)C(Oc1ccc(F)cc1OC)C(=O)OCC. The molecule has 1 rings (SSSR count). The number of halogens is 1. The maximum Gasteiger partial charge on any atom is 0.359 e. The van der Waals surface area contributed by atoms with Crippen LogP contribution in [0.25, 0.3) is 0 Å². The van der Waals surface area contributed by atoms with Crippen LogP contribution in [0.15, 0.2) is 18.2 Å². The van der Waals surface area contributed by atoms with Gasteiger partial charge in [0, 0.05) is 6.07 Å². The summed E-state index contributed by atoms with van der Waals surface area (Å²) < 4.78 is 32.9. The lowest BCUT2D eigenvalue weighted by molar-refractivity contribution is -0.166. The summed E-state index contributed by atoms with van der Waals surface area (Å²) >= 11 is 0. The Kier molecular flexibility index (Phi) is 6.45. The van der Waals surface area contributed by atoms with Crippen molar-refractivity contribution in [1.29, 1.82) is 0 Å². The van der Waals surface area contributed by atoms with Crippen LogP contribution in [0.2, 0.25) is 0 Å². The molecule has 0 aliphatic heterocycles. The van der Waals surface area contributed by atoms with Crippen LogP contribution in [0, 0.1) is 5.82 Å². The maximum atomic E-state index is 13.1. The van der Waals surface area contributed by atoms with E-state index in [0.29, 0.717) is 0 Å². The van der Waals surface area contributed by atoms with Gasteiger partial charge in [0.25, 0.3) is 6.10 Å². The fourth-order valence-electron chi connectivity index (χ4n) is 1.49. The van der Waals surface area contributed by atoms with Crippen molar-refractivity contribution in [3.8, 4) is 11.5 Å². The molecule has 0 saturated heterocycles. The highest BCUT2D eigenvalue weighted by molar-refractivity contribution is 5.98. The fourth-order valence-corrected chi connectivity index (χ4v) is 1.49. The summed E-state index contributed by atoms with van der Waals surface area (Å²) in [5.41, 5.74) is 0. The van der Waals surface area contributed by atoms with E-state index < -0.39 is 23.9 Å². The van der Waals surface area contributed by atoms with Crippen LogP contribution in [0.1, 0.15) is 13.8 Å². The highest BCUT2D eigenvalue weighted by Gasteiger charge is 2.32. The zero-order valence-corrected chi connectivity index (χ0v) is 12.1. The summed E-state index contributed by atoms with van der Waals surface area (Å²) in [4.78, 5) is 23.5. The van der Waals surface area contributed by atoms with Crippen molar-refractivity contribution in [3.63, 3.8) is 0 Å². The molecule has 0 aliphatic rings. The number of benzene rings is 1. The number of carbonyl (C=O) groups excluding carboxylic acids is 2. The highest BCUT2D eigenvalue weighted by atomic mass is 19.1. The zero-order valence-electron chi connectivity index (χ0n) is 12.1. The molecule has 0 fully saturated rings. The first-order valence-electron chi connectivity index (χ1n) is 6.36. The van der Waals surface area contributed by atoms with Crippen LogP contribution in [-0.2, 0) is 19.1 Å². The van der Waals surface area contributed by atoms with Gasteiger partial charge in [-0.15, -0.1) is 0 Å². The van der Waals surface area contributed by atoms with Gasteiger partial charge in [-0.3, -0.25) is 0 Å². The van der Waals surface area contributed by atoms with Crippen molar-refractivity contribution in [2.75, 3.05) is 20.3 Å². The van der Waals surface area contributed by atoms with Crippen molar-refractivity contribution in [2.24, 2.45) is 0 Å². The summed E-state index contributed by atoms with van der Waals surface area (Å²) in [6, 6.07) is 3.44. The first-order valence-corrected chi connectivity index (χ1v) is 6.36. The van der Waals surface area contributed by atoms with Crippen LogP contribution in [0.5, 0.6) is 11.5 Å². The zero-order chi connectivity index (χ0) is 15.8. The van der Waals surface area contributed by atoms with Gasteiger partial charge < -0.3 is 18.9 Å². The standard InChI is InChI=1S/C14H17FO6/c1-4-19-13(16)12(14(17)20-5-2)21-10-7-6-9(15)8-11(10)18-3/h6-8,12H,4-5H2,1-3H3. The van der Waals surface area contributed by atoms with Gasteiger partial charge >= 0.3 is 11.9 Å². The molecular weight excluding hydrogens is 283 g/mol. The Morgan fingerprint density at radius 3 is 2.14 bits per heavy atom. The third-order valence-electron chi connectivity index (χ3n) is 2.37. The van der Waals surface area contributed by atoms with Gasteiger partial charge in [0.05, 0.1) is 20.3 Å². The average Bonchev–Trinajstić information content (AvgIpc) is 2.46. The largest absolute Gasteiger partial charge is 0.493 e. The van der Waals surface area contributed by atoms with Crippen LogP contribution < -0.4 is 9.47 Å². The number of methoxy groups -OCH3 is 1. The summed E-state index contributed by atoms with van der Waals surface area (Å²) in [7, 11) is 1.31. The van der Waals surface area contributed by atoms with E-state index in [1.165, 1.54) is 13.2 Å². The smallest absolute Gasteiger partial charge is 0.359 e. The molecule has 0 saturated carbocycles. The van der Waals surface area contributed by atoms with E-state index in [9.17, 15) is 14.0 Å². The Morgan fingerprint density at radius 2 is 1.67 bits per heavy atom. The van der Waals surface area contributed by atoms with Gasteiger partial charge in [-0.1, -0.05) is 0 Å². The van der Waals surface area contributed by atoms with Gasteiger partial charge in [0.15, 0.2) is 11.5 Å². The van der Waals surface area contributed by atoms with Gasteiger partial charge in [0.1, 0.15) is 5.82 Å². The molecule has 1 aromatic rings. The number of carbonyl (C=O) groups is 2. The molecule has 0 amide bonds. The Balaban J connectivity index is 3.00. The number of rotatable bonds is 7. The molecule has 21 heavy (non-hydrogen) atoms. The van der Waals surface area contributed by atoms with E-state index in [-0.39, 0.29) is 24.7 Å². The normalized spacial score (nSPS) is 10.1. The van der Waals surface area contributed by atoms with E-state index in [0.717, 1.165) is 12.1 Å². The van der Waals surface area contributed by atoms with Crippen molar-refractivity contribution < 1.29 is 32.9 Å². The van der Waals surface area contributed by atoms with Crippen molar-refractivity contribution >= 4 is 11.9 Å². The second-order valence-electron chi connectivity index (χ2n) is 3.80. The molecule has 116 valence electrons. The number of ether oxygens (including phenoxy) is 4. The fraction of sp³-hybridized carbons (Fsp3) is 0.429. The van der Waals surface area contributed by atoms with Crippen molar-refractivity contribution in [1.82, 2.24) is 0 Å². The van der Waals surface area contributed by atoms with Crippen LogP contribution in [0.4, 0.5) is 4.39 Å². The van der Waals surface area contributed by atoms with E-state index >= 15 is 0 Å². The molecule has 0 atom stereocenters. The summed E-state index contributed by atoms with van der Waals surface area (Å²) in [5, 5.41) is 0. The van der Waals surface area contributed by atoms with Gasteiger partial charge in [0.2, 0.25) is 0 Å². The average molecular weight is 300 g/mol. The van der Waals surface area contributed by atoms with Crippen LogP contribution in [0.3, 0.4) is 0 Å². The van der Waals surface area contributed by atoms with Crippen LogP contribution in [-0.4, -0.2) is 38.4 Å². The summed E-state index contributed by atoms with van der Waals surface area (Å²) in [6.45, 7) is 3.36. The Hall–Kier alpha value is -2.31. The third-order valence-corrected chi connectivity index (χ3v) is 2.37. The lowest BCUT2D eigenvalue weighted by Gasteiger charge is -2.17. The van der Waals surface area contributed by atoms with E-state index in [2.05, 4.69) is 0 Å². The lowest BCUT2D eigenvalue weighted by Crippen LogP contribution is -2.38. The second kappa shape index (κ2) is 8.08. The predicted molar refractivity (Wildman–Crippen MR) is 70.6 cm³/mol. The first kappa shape index (κ1) is 16.7. The molecule has 0 aromatic heterocycles. The molecule has 0 bridgehead atoms. The first-order chi connectivity index (χ1) is 10.0. The Morgan fingerprint density at radius 1 is 1.10 bits per heavy atom. The van der Waals surface area contributed by atoms with Crippen LogP contribution >= 0.6 is 0 Å². The van der Waals surface area contributed by atoms with E-state index in [4.69, 9.17) is 18.9 Å². The lowest BCUT2D eigenvalue weighted by atomic mass is 10.3. The monoisotopic (exact) mass is 300 g/mol. The summed E-state index contributed by atoms with van der Waals surface area (Å²) in [6.07, 6.45) is -1.59. The topological polar surface area (TPSA) is 71.1 Å². The predicted octanol–water partition coefficient (Wildman–Crippen LogP) is 1.71. The van der Waals surface area contributed by atoms with Gasteiger partial charge in [-0.2, -0.15) is 0 Å². The minimum absolute atomic E-state index is 0.0324. The van der Waals surface area contributed by atoms with Crippen molar-refractivity contribution in [3.05, 3.63) is 24.0 Å². The van der Waals surface area contributed by atoms with Gasteiger partial charge in [-0.25, -0.2) is 14.0 Å². The maximum absolute atomic E-state index is 13.1. The number of esters is 2. The molecule has 0 aliphatic carbocycles. The molecular formula is C14H17FO6. The second-order valence-corrected chi connectivity index (χ2v) is 3.80. The quantitative estimate of drug-likeness (QED) is 0.564. The third kappa shape index (κ3) is 4.62. The van der Waals surface area contributed by atoms with E-state index in [1.807, 2.05) is 0 Å².